The predicted octanol–water partition coefficient (Wildman–Crippen LogP) is 2.67. The fraction of sp³-hybridized carbons (Fsp3) is 0.333. The number of rotatable bonds is 9. The van der Waals surface area contributed by atoms with E-state index in [4.69, 9.17) is 15.2 Å². The minimum Gasteiger partial charge on any atom is -0.493 e. The third kappa shape index (κ3) is 6.41. The van der Waals surface area contributed by atoms with Gasteiger partial charge in [0, 0.05) is 41.2 Å². The molecule has 1 aromatic heterocycles. The molecule has 0 saturated heterocycles. The number of pyridine rings is 1. The van der Waals surface area contributed by atoms with E-state index in [1.165, 1.54) is 0 Å². The molecule has 8 heteroatoms. The maximum atomic E-state index is 12.4. The Kier molecular flexibility index (Phi) is 8.90. The number of hydrogen-bond acceptors (Lipinski definition) is 7. The Labute approximate surface area is 206 Å². The topological polar surface area (TPSA) is 110 Å². The summed E-state index contributed by atoms with van der Waals surface area (Å²) in [6.45, 7) is 6.50. The van der Waals surface area contributed by atoms with Crippen molar-refractivity contribution in [1.29, 1.82) is 0 Å². The highest BCUT2D eigenvalue weighted by molar-refractivity contribution is 5.95. The van der Waals surface area contributed by atoms with Crippen LogP contribution in [0.1, 0.15) is 35.3 Å². The molecule has 0 aliphatic heterocycles. The van der Waals surface area contributed by atoms with Gasteiger partial charge in [0.25, 0.3) is 5.91 Å². The average molecular weight is 477 g/mol. The van der Waals surface area contributed by atoms with E-state index in [0.717, 1.165) is 29.4 Å². The Hall–Kier alpha value is -3.80. The molecule has 3 rings (SSSR count). The van der Waals surface area contributed by atoms with Gasteiger partial charge in [-0.25, -0.2) is 4.98 Å². The van der Waals surface area contributed by atoms with Gasteiger partial charge in [-0.1, -0.05) is 25.7 Å². The number of carbonyl (C=O) groups excluding carboxylic acids is 1. The van der Waals surface area contributed by atoms with Crippen LogP contribution in [0.25, 0.3) is 10.8 Å². The molecule has 1 atom stereocenters. The van der Waals surface area contributed by atoms with Crippen LogP contribution in [0.5, 0.6) is 11.5 Å². The molecule has 0 saturated carbocycles. The van der Waals surface area contributed by atoms with Crippen LogP contribution >= 0.6 is 0 Å². The number of anilines is 1. The number of aromatic nitrogens is 1. The number of nitrogens with two attached hydrogens (primary N) is 1. The van der Waals surface area contributed by atoms with E-state index in [1.54, 1.807) is 44.7 Å². The van der Waals surface area contributed by atoms with Gasteiger partial charge in [0.2, 0.25) is 0 Å². The smallest absolute Gasteiger partial charge is 0.251 e. The highest BCUT2D eigenvalue weighted by Gasteiger charge is 2.13. The number of ether oxygens (including phenoxy) is 2. The summed E-state index contributed by atoms with van der Waals surface area (Å²) >= 11 is 0. The molecular formula is C27H32N4O4. The van der Waals surface area contributed by atoms with Crippen LogP contribution in [0.2, 0.25) is 0 Å². The first-order chi connectivity index (χ1) is 16.9. The molecule has 0 bridgehead atoms. The van der Waals surface area contributed by atoms with Gasteiger partial charge < -0.3 is 30.5 Å². The van der Waals surface area contributed by atoms with Crippen molar-refractivity contribution in [2.45, 2.75) is 20.0 Å². The zero-order valence-corrected chi connectivity index (χ0v) is 20.6. The summed E-state index contributed by atoms with van der Waals surface area (Å²) in [7, 11) is 3.15. The van der Waals surface area contributed by atoms with Gasteiger partial charge in [0.1, 0.15) is 5.82 Å². The Balaban J connectivity index is 1.74. The average Bonchev–Trinajstić information content (AvgIpc) is 2.89. The molecule has 3 aromatic rings. The Morgan fingerprint density at radius 3 is 2.40 bits per heavy atom. The van der Waals surface area contributed by atoms with Crippen LogP contribution in [0, 0.1) is 11.8 Å². The van der Waals surface area contributed by atoms with Crippen LogP contribution in [-0.2, 0) is 0 Å². The number of aliphatic hydroxyl groups is 1. The first-order valence-corrected chi connectivity index (χ1v) is 11.5. The number of benzene rings is 2. The minimum absolute atomic E-state index is 0.193. The number of hydrogen-bond donors (Lipinski definition) is 3. The van der Waals surface area contributed by atoms with E-state index in [9.17, 15) is 9.90 Å². The molecule has 2 aromatic carbocycles. The third-order valence-electron chi connectivity index (χ3n) is 5.76. The van der Waals surface area contributed by atoms with Crippen molar-refractivity contribution in [3.05, 3.63) is 59.3 Å². The van der Waals surface area contributed by atoms with E-state index in [-0.39, 0.29) is 12.5 Å². The summed E-state index contributed by atoms with van der Waals surface area (Å²) in [5.41, 5.74) is 7.93. The molecule has 35 heavy (non-hydrogen) atoms. The monoisotopic (exact) mass is 476 g/mol. The van der Waals surface area contributed by atoms with Crippen molar-refractivity contribution in [3.63, 3.8) is 0 Å². The number of amides is 1. The van der Waals surface area contributed by atoms with E-state index in [0.29, 0.717) is 35.0 Å². The number of likely N-dealkylation sites (N-methyl/N-ethyl adjacent to an activating group) is 1. The number of carbonyl (C=O) groups is 1. The molecule has 8 nitrogen and oxygen atoms in total. The lowest BCUT2D eigenvalue weighted by Gasteiger charge is -2.22. The third-order valence-corrected chi connectivity index (χ3v) is 5.76. The van der Waals surface area contributed by atoms with Crippen molar-refractivity contribution < 1.29 is 19.4 Å². The first-order valence-electron chi connectivity index (χ1n) is 11.5. The molecule has 0 aliphatic carbocycles. The van der Waals surface area contributed by atoms with Crippen molar-refractivity contribution >= 4 is 22.5 Å². The Bertz CT molecular complexity index is 1230. The molecule has 0 fully saturated rings. The summed E-state index contributed by atoms with van der Waals surface area (Å²) in [6, 6.07) is 10.6. The van der Waals surface area contributed by atoms with Crippen LogP contribution in [0.15, 0.2) is 42.6 Å². The fourth-order valence-corrected chi connectivity index (χ4v) is 3.69. The maximum Gasteiger partial charge on any atom is 0.251 e. The van der Waals surface area contributed by atoms with Gasteiger partial charge in [-0.3, -0.25) is 4.79 Å². The van der Waals surface area contributed by atoms with E-state index < -0.39 is 6.10 Å². The molecular weight excluding hydrogens is 444 g/mol. The van der Waals surface area contributed by atoms with Crippen molar-refractivity contribution in [2.75, 3.05) is 46.1 Å². The lowest BCUT2D eigenvalue weighted by molar-refractivity contribution is 0.0869. The Morgan fingerprint density at radius 2 is 1.77 bits per heavy atom. The molecule has 0 radical (unpaired) electrons. The van der Waals surface area contributed by atoms with Gasteiger partial charge in [-0.05, 0) is 49.5 Å². The van der Waals surface area contributed by atoms with Crippen LogP contribution < -0.4 is 20.5 Å². The van der Waals surface area contributed by atoms with Crippen molar-refractivity contribution in [1.82, 2.24) is 15.2 Å². The van der Waals surface area contributed by atoms with Gasteiger partial charge in [-0.15, -0.1) is 0 Å². The van der Waals surface area contributed by atoms with Crippen molar-refractivity contribution in [2.24, 2.45) is 0 Å². The second-order valence-electron chi connectivity index (χ2n) is 7.99. The lowest BCUT2D eigenvalue weighted by atomic mass is 10.1. The first kappa shape index (κ1) is 25.8. The standard InChI is InChI=1S/C27H32N4O4/c1-5-31(6-2)17-21(32)16-30-27(33)19-10-7-18(8-11-19)9-12-22-23-14-25(35-4)24(34-3)13-20(23)15-29-26(22)28/h7-8,10-11,13-15,21,32H,5-6,16-17H2,1-4H3,(H2,28,29)(H,30,33). The predicted molar refractivity (Wildman–Crippen MR) is 138 cm³/mol. The summed E-state index contributed by atoms with van der Waals surface area (Å²) < 4.78 is 10.8. The molecule has 0 aliphatic rings. The van der Waals surface area contributed by atoms with Crippen LogP contribution in [0.3, 0.4) is 0 Å². The summed E-state index contributed by atoms with van der Waals surface area (Å²) in [4.78, 5) is 18.8. The molecule has 1 unspecified atom stereocenters. The molecule has 1 heterocycles. The number of nitrogens with zero attached hydrogens (tertiary/aromatic N) is 2. The largest absolute Gasteiger partial charge is 0.493 e. The summed E-state index contributed by atoms with van der Waals surface area (Å²) in [6.07, 6.45) is 1.05. The highest BCUT2D eigenvalue weighted by atomic mass is 16.5. The van der Waals surface area contributed by atoms with Gasteiger partial charge >= 0.3 is 0 Å². The minimum atomic E-state index is -0.623. The van der Waals surface area contributed by atoms with Gasteiger partial charge in [0.05, 0.1) is 25.9 Å². The van der Waals surface area contributed by atoms with E-state index >= 15 is 0 Å². The highest BCUT2D eigenvalue weighted by Crippen LogP contribution is 2.34. The molecule has 184 valence electrons. The zero-order chi connectivity index (χ0) is 25.4. The van der Waals surface area contributed by atoms with Crippen LogP contribution in [-0.4, -0.2) is 67.4 Å². The van der Waals surface area contributed by atoms with Gasteiger partial charge in [0.15, 0.2) is 11.5 Å². The SMILES string of the molecule is CCN(CC)CC(O)CNC(=O)c1ccc(C#Cc2c(N)ncc3cc(OC)c(OC)cc23)cc1. The Morgan fingerprint density at radius 1 is 1.11 bits per heavy atom. The quantitative estimate of drug-likeness (QED) is 0.407. The number of nitrogen functional groups attached to an aromatic ring is 1. The lowest BCUT2D eigenvalue weighted by Crippen LogP contribution is -2.40. The normalized spacial score (nSPS) is 11.6. The summed E-state index contributed by atoms with van der Waals surface area (Å²) in [5, 5.41) is 14.6. The molecule has 4 N–H and O–H groups in total. The van der Waals surface area contributed by atoms with E-state index in [1.807, 2.05) is 26.0 Å². The number of nitrogens with one attached hydrogen (secondary N) is 1. The van der Waals surface area contributed by atoms with Gasteiger partial charge in [-0.2, -0.15) is 0 Å². The zero-order valence-electron chi connectivity index (χ0n) is 20.6. The second kappa shape index (κ2) is 12.1. The van der Waals surface area contributed by atoms with E-state index in [2.05, 4.69) is 27.0 Å². The number of fused-ring (bicyclic) bond motifs is 1. The molecule has 1 amide bonds. The second-order valence-corrected chi connectivity index (χ2v) is 7.99. The summed E-state index contributed by atoms with van der Waals surface area (Å²) in [5.74, 6) is 7.44. The van der Waals surface area contributed by atoms with Crippen molar-refractivity contribution in [3.8, 4) is 23.3 Å². The number of aliphatic hydroxyl groups excluding tert-OH is 1. The van der Waals surface area contributed by atoms with Crippen LogP contribution in [0.4, 0.5) is 5.82 Å². The molecule has 0 spiro atoms. The maximum absolute atomic E-state index is 12.4. The fourth-order valence-electron chi connectivity index (χ4n) is 3.69. The number of methoxy groups -OCH3 is 2.